The fourth-order valence-corrected chi connectivity index (χ4v) is 5.34. The Bertz CT molecular complexity index is 911. The highest BCUT2D eigenvalue weighted by atomic mass is 35.5. The molecule has 1 aromatic heterocycles. The predicted octanol–water partition coefficient (Wildman–Crippen LogP) is 4.56. The van der Waals surface area contributed by atoms with E-state index in [0.717, 1.165) is 68.4 Å². The molecule has 0 spiro atoms. The third-order valence-electron chi connectivity index (χ3n) is 6.76. The molecule has 0 radical (unpaired) electrons. The average molecular weight is 483 g/mol. The highest BCUT2D eigenvalue weighted by Crippen LogP contribution is 2.31. The van der Waals surface area contributed by atoms with Crippen LogP contribution >= 0.6 is 23.4 Å². The molecule has 0 unspecified atom stereocenters. The molecule has 176 valence electrons. The number of nitrogens with zero attached hydrogens (tertiary/aromatic N) is 3. The SMILES string of the molecule is CSCCC(=O)N[C@H]1CC[C@H](CCN2CCN(c3noc4cc(F)c(Cl)cc34)CC2)CC1. The molecule has 1 aliphatic carbocycles. The van der Waals surface area contributed by atoms with Gasteiger partial charge in [-0.15, -0.1) is 0 Å². The van der Waals surface area contributed by atoms with Crippen molar-refractivity contribution < 1.29 is 13.7 Å². The maximum absolute atomic E-state index is 13.7. The van der Waals surface area contributed by atoms with E-state index in [-0.39, 0.29) is 10.9 Å². The summed E-state index contributed by atoms with van der Waals surface area (Å²) in [6.45, 7) is 4.80. The molecule has 0 bridgehead atoms. The number of halogens is 2. The summed E-state index contributed by atoms with van der Waals surface area (Å²) in [7, 11) is 0. The Morgan fingerprint density at radius 2 is 2.00 bits per heavy atom. The highest BCUT2D eigenvalue weighted by molar-refractivity contribution is 7.98. The number of rotatable bonds is 8. The first-order chi connectivity index (χ1) is 15.5. The lowest BCUT2D eigenvalue weighted by Gasteiger charge is -2.36. The molecule has 2 fully saturated rings. The summed E-state index contributed by atoms with van der Waals surface area (Å²) in [6, 6.07) is 3.27. The molecule has 2 aliphatic rings. The number of carbonyl (C=O) groups excluding carboxylic acids is 1. The third kappa shape index (κ3) is 5.88. The first kappa shape index (κ1) is 23.6. The van der Waals surface area contributed by atoms with Gasteiger partial charge in [-0.2, -0.15) is 11.8 Å². The number of amides is 1. The maximum atomic E-state index is 13.7. The van der Waals surface area contributed by atoms with Gasteiger partial charge >= 0.3 is 0 Å². The minimum Gasteiger partial charge on any atom is -0.354 e. The summed E-state index contributed by atoms with van der Waals surface area (Å²) in [5.74, 6) is 2.11. The molecule has 1 saturated heterocycles. The topological polar surface area (TPSA) is 61.6 Å². The lowest BCUT2D eigenvalue weighted by molar-refractivity contribution is -0.121. The van der Waals surface area contributed by atoms with Crippen molar-refractivity contribution in [1.82, 2.24) is 15.4 Å². The van der Waals surface area contributed by atoms with Crippen molar-refractivity contribution in [2.24, 2.45) is 5.92 Å². The Morgan fingerprint density at radius 1 is 1.25 bits per heavy atom. The van der Waals surface area contributed by atoms with Gasteiger partial charge in [0.1, 0.15) is 5.82 Å². The molecule has 1 N–H and O–H groups in total. The number of fused-ring (bicyclic) bond motifs is 1. The summed E-state index contributed by atoms with van der Waals surface area (Å²) in [4.78, 5) is 16.6. The minimum atomic E-state index is -0.487. The van der Waals surface area contributed by atoms with Crippen molar-refractivity contribution in [1.29, 1.82) is 0 Å². The van der Waals surface area contributed by atoms with E-state index < -0.39 is 5.82 Å². The number of piperazine rings is 1. The van der Waals surface area contributed by atoms with Gasteiger partial charge in [0, 0.05) is 50.5 Å². The van der Waals surface area contributed by atoms with Crippen molar-refractivity contribution in [3.63, 3.8) is 0 Å². The van der Waals surface area contributed by atoms with Crippen LogP contribution in [0.1, 0.15) is 38.5 Å². The van der Waals surface area contributed by atoms with Gasteiger partial charge < -0.3 is 14.7 Å². The van der Waals surface area contributed by atoms with Crippen molar-refractivity contribution in [2.45, 2.75) is 44.6 Å². The molecule has 1 aromatic carbocycles. The second-order valence-corrected chi connectivity index (χ2v) is 10.3. The van der Waals surface area contributed by atoms with Crippen LogP contribution < -0.4 is 10.2 Å². The first-order valence-electron chi connectivity index (χ1n) is 11.5. The number of benzene rings is 1. The van der Waals surface area contributed by atoms with Gasteiger partial charge in [-0.1, -0.05) is 16.8 Å². The summed E-state index contributed by atoms with van der Waals surface area (Å²) >= 11 is 7.67. The molecule has 4 rings (SSSR count). The van der Waals surface area contributed by atoms with Crippen LogP contribution in [0.4, 0.5) is 10.2 Å². The Morgan fingerprint density at radius 3 is 2.72 bits per heavy atom. The molecular weight excluding hydrogens is 451 g/mol. The summed E-state index contributed by atoms with van der Waals surface area (Å²) in [6.07, 6.45) is 8.49. The second kappa shape index (κ2) is 11.1. The van der Waals surface area contributed by atoms with Gasteiger partial charge in [-0.3, -0.25) is 9.69 Å². The van der Waals surface area contributed by atoms with E-state index in [1.807, 2.05) is 6.26 Å². The zero-order chi connectivity index (χ0) is 22.5. The van der Waals surface area contributed by atoms with Crippen molar-refractivity contribution in [3.05, 3.63) is 23.0 Å². The molecule has 1 saturated carbocycles. The fraction of sp³-hybridized carbons (Fsp3) is 0.652. The van der Waals surface area contributed by atoms with Crippen LogP contribution in [0.5, 0.6) is 0 Å². The van der Waals surface area contributed by atoms with Crippen LogP contribution in [-0.4, -0.2) is 66.7 Å². The van der Waals surface area contributed by atoms with Crippen LogP contribution in [0.25, 0.3) is 11.0 Å². The Balaban J connectivity index is 1.18. The van der Waals surface area contributed by atoms with Crippen LogP contribution in [-0.2, 0) is 4.79 Å². The Hall–Kier alpha value is -1.51. The summed E-state index contributed by atoms with van der Waals surface area (Å²) in [5, 5.41) is 8.23. The number of anilines is 1. The van der Waals surface area contributed by atoms with Gasteiger partial charge in [0.15, 0.2) is 11.4 Å². The normalized spacial score (nSPS) is 22.4. The van der Waals surface area contributed by atoms with E-state index >= 15 is 0 Å². The van der Waals surface area contributed by atoms with Gasteiger partial charge in [0.2, 0.25) is 5.91 Å². The van der Waals surface area contributed by atoms with Crippen LogP contribution in [0.3, 0.4) is 0 Å². The second-order valence-electron chi connectivity index (χ2n) is 8.91. The van der Waals surface area contributed by atoms with Crippen LogP contribution in [0.2, 0.25) is 5.02 Å². The zero-order valence-electron chi connectivity index (χ0n) is 18.6. The third-order valence-corrected chi connectivity index (χ3v) is 7.67. The number of hydrogen-bond donors (Lipinski definition) is 1. The standard InChI is InChI=1S/C23H32ClFN4O2S/c1-32-13-7-22(30)26-17-4-2-16(3-5-17)6-8-28-9-11-29(12-10-28)23-18-14-19(24)20(25)15-21(18)31-27-23/h14-17H,2-13H2,1H3,(H,26,30)/t16-,17-. The van der Waals surface area contributed by atoms with Crippen molar-refractivity contribution in [2.75, 3.05) is 49.6 Å². The predicted molar refractivity (Wildman–Crippen MR) is 129 cm³/mol. The molecule has 1 aliphatic heterocycles. The molecule has 2 heterocycles. The zero-order valence-corrected chi connectivity index (χ0v) is 20.2. The summed E-state index contributed by atoms with van der Waals surface area (Å²) in [5.41, 5.74) is 0.431. The van der Waals surface area contributed by atoms with Gasteiger partial charge in [-0.05, 0) is 56.9 Å². The van der Waals surface area contributed by atoms with E-state index in [4.69, 9.17) is 16.1 Å². The van der Waals surface area contributed by atoms with Gasteiger partial charge in [-0.25, -0.2) is 4.39 Å². The van der Waals surface area contributed by atoms with Crippen LogP contribution in [0, 0.1) is 11.7 Å². The molecule has 2 aromatic rings. The lowest BCUT2D eigenvalue weighted by Crippen LogP contribution is -2.47. The number of nitrogens with one attached hydrogen (secondary N) is 1. The Kier molecular flexibility index (Phi) is 8.18. The molecule has 1 amide bonds. The van der Waals surface area contributed by atoms with Crippen LogP contribution in [0.15, 0.2) is 16.7 Å². The van der Waals surface area contributed by atoms with Crippen molar-refractivity contribution in [3.8, 4) is 0 Å². The van der Waals surface area contributed by atoms with E-state index in [9.17, 15) is 9.18 Å². The smallest absolute Gasteiger partial charge is 0.221 e. The first-order valence-corrected chi connectivity index (χ1v) is 13.3. The number of thioether (sulfide) groups is 1. The number of aromatic nitrogens is 1. The number of hydrogen-bond acceptors (Lipinski definition) is 6. The largest absolute Gasteiger partial charge is 0.354 e. The lowest BCUT2D eigenvalue weighted by atomic mass is 9.84. The minimum absolute atomic E-state index is 0.0924. The molecule has 9 heteroatoms. The van der Waals surface area contributed by atoms with E-state index in [1.165, 1.54) is 25.3 Å². The molecular formula is C23H32ClFN4O2S. The fourth-order valence-electron chi connectivity index (χ4n) is 4.79. The van der Waals surface area contributed by atoms with Gasteiger partial charge in [0.05, 0.1) is 10.4 Å². The van der Waals surface area contributed by atoms with E-state index in [2.05, 4.69) is 20.3 Å². The van der Waals surface area contributed by atoms with Gasteiger partial charge in [0.25, 0.3) is 0 Å². The number of carbonyl (C=O) groups is 1. The quantitative estimate of drug-likeness (QED) is 0.595. The van der Waals surface area contributed by atoms with Crippen molar-refractivity contribution >= 4 is 46.1 Å². The monoisotopic (exact) mass is 482 g/mol. The highest BCUT2D eigenvalue weighted by Gasteiger charge is 2.25. The Labute approximate surface area is 198 Å². The summed E-state index contributed by atoms with van der Waals surface area (Å²) < 4.78 is 19.0. The molecule has 0 atom stereocenters. The van der Waals surface area contributed by atoms with E-state index in [0.29, 0.717) is 18.0 Å². The van der Waals surface area contributed by atoms with E-state index in [1.54, 1.807) is 17.8 Å². The maximum Gasteiger partial charge on any atom is 0.221 e. The average Bonchev–Trinajstić information content (AvgIpc) is 3.20. The molecule has 32 heavy (non-hydrogen) atoms. The molecule has 6 nitrogen and oxygen atoms in total.